The van der Waals surface area contributed by atoms with Crippen LogP contribution in [0.15, 0.2) is 83.3 Å². The summed E-state index contributed by atoms with van der Waals surface area (Å²) in [5.74, 6) is -3.62. The third-order valence-corrected chi connectivity index (χ3v) is 9.57. The van der Waals surface area contributed by atoms with Crippen molar-refractivity contribution in [2.45, 2.75) is 43.5 Å². The third-order valence-electron chi connectivity index (χ3n) is 7.98. The van der Waals surface area contributed by atoms with Gasteiger partial charge in [-0.15, -0.1) is 0 Å². The monoisotopic (exact) mass is 641 g/mol. The van der Waals surface area contributed by atoms with Gasteiger partial charge in [0.15, 0.2) is 15.4 Å². The highest BCUT2D eigenvalue weighted by molar-refractivity contribution is 7.90. The van der Waals surface area contributed by atoms with Gasteiger partial charge in [0.1, 0.15) is 11.6 Å². The van der Waals surface area contributed by atoms with Crippen LogP contribution < -0.4 is 16.0 Å². The van der Waals surface area contributed by atoms with Gasteiger partial charge in [-0.05, 0) is 68.1 Å². The van der Waals surface area contributed by atoms with Crippen molar-refractivity contribution in [3.63, 3.8) is 0 Å². The number of aromatic nitrogens is 1. The van der Waals surface area contributed by atoms with E-state index in [2.05, 4.69) is 20.9 Å². The molecule has 11 nitrogen and oxygen atoms in total. The van der Waals surface area contributed by atoms with E-state index in [0.717, 1.165) is 5.56 Å². The van der Waals surface area contributed by atoms with E-state index in [-0.39, 0.29) is 17.9 Å². The standard InChI is InChI=1S/C34H35N5O6S/c35-20-25-10-4-5-11-26(25)21-46(43,44)22-29(38-32(41)24-16-18-36-19-17-24)33(42)37-28(15-14-23-8-2-1-3-9-23)31(40)34-39-27-12-6-7-13-30(27)45-34/h1-13,24,28-29,36H,14-19,21-22H2,(H,37,42)(H,38,41)/t28-,29-/m0/s1. The maximum absolute atomic E-state index is 13.9. The molecule has 1 saturated heterocycles. The number of hydrogen-bond acceptors (Lipinski definition) is 9. The minimum absolute atomic E-state index is 0.171. The Kier molecular flexibility index (Phi) is 10.6. The Bertz CT molecular complexity index is 1810. The van der Waals surface area contributed by atoms with E-state index in [1.54, 1.807) is 36.4 Å². The second-order valence-corrected chi connectivity index (χ2v) is 13.5. The second kappa shape index (κ2) is 14.9. The number of nitrogens with one attached hydrogen (secondary N) is 3. The lowest BCUT2D eigenvalue weighted by molar-refractivity contribution is -0.131. The first kappa shape index (κ1) is 32.5. The van der Waals surface area contributed by atoms with Gasteiger partial charge in [-0.1, -0.05) is 60.7 Å². The molecule has 0 aliphatic carbocycles. The van der Waals surface area contributed by atoms with Gasteiger partial charge in [0.05, 0.1) is 29.2 Å². The normalized spacial score (nSPS) is 15.0. The quantitative estimate of drug-likeness (QED) is 0.186. The van der Waals surface area contributed by atoms with E-state index in [9.17, 15) is 28.1 Å². The van der Waals surface area contributed by atoms with E-state index in [4.69, 9.17) is 4.42 Å². The van der Waals surface area contributed by atoms with Crippen molar-refractivity contribution in [1.82, 2.24) is 20.9 Å². The number of ketones is 1. The molecule has 0 spiro atoms. The van der Waals surface area contributed by atoms with Crippen molar-refractivity contribution in [2.24, 2.45) is 5.92 Å². The summed E-state index contributed by atoms with van der Waals surface area (Å²) in [5, 5.41) is 18.0. The Morgan fingerprint density at radius 3 is 2.37 bits per heavy atom. The molecule has 2 amide bonds. The van der Waals surface area contributed by atoms with E-state index < -0.39 is 56.9 Å². The molecule has 1 aromatic heterocycles. The molecular weight excluding hydrogens is 606 g/mol. The fraction of sp³-hybridized carbons (Fsp3) is 0.324. The van der Waals surface area contributed by atoms with Gasteiger partial charge in [0.2, 0.25) is 17.6 Å². The lowest BCUT2D eigenvalue weighted by Gasteiger charge is -2.26. The second-order valence-electron chi connectivity index (χ2n) is 11.3. The fourth-order valence-electron chi connectivity index (χ4n) is 5.49. The van der Waals surface area contributed by atoms with Crippen LogP contribution in [0.1, 0.15) is 46.6 Å². The van der Waals surface area contributed by atoms with Crippen molar-refractivity contribution < 1.29 is 27.2 Å². The summed E-state index contributed by atoms with van der Waals surface area (Å²) < 4.78 is 32.6. The Balaban J connectivity index is 1.40. The molecule has 12 heteroatoms. The summed E-state index contributed by atoms with van der Waals surface area (Å²) in [6, 6.07) is 22.0. The molecule has 0 unspecified atom stereocenters. The summed E-state index contributed by atoms with van der Waals surface area (Å²) in [7, 11) is -4.02. The van der Waals surface area contributed by atoms with Crippen molar-refractivity contribution >= 4 is 38.5 Å². The molecule has 0 radical (unpaired) electrons. The molecule has 1 aliphatic heterocycles. The number of Topliss-reactive ketones (excluding diaryl/α,β-unsaturated/α-hetero) is 1. The number of hydrogen-bond donors (Lipinski definition) is 3. The maximum atomic E-state index is 13.9. The van der Waals surface area contributed by atoms with Crippen molar-refractivity contribution in [3.05, 3.63) is 101 Å². The van der Waals surface area contributed by atoms with Gasteiger partial charge in [-0.25, -0.2) is 13.4 Å². The number of oxazole rings is 1. The topological polar surface area (TPSA) is 171 Å². The van der Waals surface area contributed by atoms with Gasteiger partial charge in [0, 0.05) is 5.92 Å². The largest absolute Gasteiger partial charge is 0.434 e. The van der Waals surface area contributed by atoms with Crippen LogP contribution in [0.25, 0.3) is 11.1 Å². The van der Waals surface area contributed by atoms with Crippen LogP contribution in [0.4, 0.5) is 0 Å². The Labute approximate surface area is 267 Å². The van der Waals surface area contributed by atoms with Gasteiger partial charge in [-0.2, -0.15) is 5.26 Å². The van der Waals surface area contributed by atoms with Crippen LogP contribution in [0.3, 0.4) is 0 Å². The van der Waals surface area contributed by atoms with Crippen LogP contribution >= 0.6 is 0 Å². The highest BCUT2D eigenvalue weighted by Crippen LogP contribution is 2.19. The number of fused-ring (bicyclic) bond motifs is 1. The molecule has 2 atom stereocenters. The number of nitrogens with zero attached hydrogens (tertiary/aromatic N) is 2. The molecule has 1 fully saturated rings. The van der Waals surface area contributed by atoms with E-state index >= 15 is 0 Å². The first-order valence-corrected chi connectivity index (χ1v) is 17.0. The predicted octanol–water partition coefficient (Wildman–Crippen LogP) is 3.10. The number of aryl methyl sites for hydroxylation is 1. The minimum Gasteiger partial charge on any atom is -0.434 e. The van der Waals surface area contributed by atoms with Crippen LogP contribution in [0.5, 0.6) is 0 Å². The predicted molar refractivity (Wildman–Crippen MR) is 171 cm³/mol. The van der Waals surface area contributed by atoms with Gasteiger partial charge >= 0.3 is 0 Å². The lowest BCUT2D eigenvalue weighted by Crippen LogP contribution is -2.55. The zero-order valence-electron chi connectivity index (χ0n) is 25.1. The van der Waals surface area contributed by atoms with Gasteiger partial charge in [-0.3, -0.25) is 14.4 Å². The zero-order valence-corrected chi connectivity index (χ0v) is 26.0. The Hall–Kier alpha value is -4.86. The number of piperidine rings is 1. The summed E-state index contributed by atoms with van der Waals surface area (Å²) in [4.78, 5) is 45.2. The fourth-order valence-corrected chi connectivity index (χ4v) is 7.07. The molecule has 1 aliphatic rings. The number of rotatable bonds is 13. The highest BCUT2D eigenvalue weighted by atomic mass is 32.2. The van der Waals surface area contributed by atoms with E-state index in [0.29, 0.717) is 49.0 Å². The number of benzene rings is 3. The molecule has 2 heterocycles. The number of carbonyl (C=O) groups is 3. The number of amides is 2. The first-order valence-electron chi connectivity index (χ1n) is 15.2. The molecular formula is C34H35N5O6S. The summed E-state index contributed by atoms with van der Waals surface area (Å²) >= 11 is 0. The third kappa shape index (κ3) is 8.44. The molecule has 4 aromatic rings. The number of para-hydroxylation sites is 2. The highest BCUT2D eigenvalue weighted by Gasteiger charge is 2.34. The molecule has 238 valence electrons. The van der Waals surface area contributed by atoms with Crippen molar-refractivity contribution in [3.8, 4) is 6.07 Å². The van der Waals surface area contributed by atoms with E-state index in [1.165, 1.54) is 12.1 Å². The van der Waals surface area contributed by atoms with Crippen molar-refractivity contribution in [2.75, 3.05) is 18.8 Å². The van der Waals surface area contributed by atoms with Crippen molar-refractivity contribution in [1.29, 1.82) is 5.26 Å². The molecule has 3 aromatic carbocycles. The Morgan fingerprint density at radius 2 is 1.63 bits per heavy atom. The summed E-state index contributed by atoms with van der Waals surface area (Å²) in [6.45, 7) is 1.25. The Morgan fingerprint density at radius 1 is 0.935 bits per heavy atom. The SMILES string of the molecule is N#Cc1ccccc1CS(=O)(=O)C[C@H](NC(=O)C1CCNCC1)C(=O)N[C@@H](CCc1ccccc1)C(=O)c1nc2ccccc2o1. The molecule has 3 N–H and O–H groups in total. The van der Waals surface area contributed by atoms with Crippen LogP contribution in [-0.4, -0.2) is 61.9 Å². The smallest absolute Gasteiger partial charge is 0.266 e. The number of carbonyl (C=O) groups excluding carboxylic acids is 3. The average Bonchev–Trinajstić information content (AvgIpc) is 3.51. The lowest BCUT2D eigenvalue weighted by atomic mass is 9.97. The van der Waals surface area contributed by atoms with Crippen LogP contribution in [0, 0.1) is 17.2 Å². The first-order chi connectivity index (χ1) is 22.2. The molecule has 0 bridgehead atoms. The molecule has 5 rings (SSSR count). The average molecular weight is 642 g/mol. The molecule has 46 heavy (non-hydrogen) atoms. The van der Waals surface area contributed by atoms with Gasteiger partial charge < -0.3 is 20.4 Å². The molecule has 0 saturated carbocycles. The number of nitriles is 1. The maximum Gasteiger partial charge on any atom is 0.266 e. The van der Waals surface area contributed by atoms with Crippen LogP contribution in [0.2, 0.25) is 0 Å². The van der Waals surface area contributed by atoms with Crippen LogP contribution in [-0.2, 0) is 31.6 Å². The summed E-state index contributed by atoms with van der Waals surface area (Å²) in [6.07, 6.45) is 1.68. The summed E-state index contributed by atoms with van der Waals surface area (Å²) in [5.41, 5.74) is 2.32. The van der Waals surface area contributed by atoms with E-state index in [1.807, 2.05) is 36.4 Å². The minimum atomic E-state index is -4.02. The van der Waals surface area contributed by atoms with Gasteiger partial charge in [0.25, 0.3) is 5.89 Å². The zero-order chi connectivity index (χ0) is 32.5. The number of sulfone groups is 1.